The van der Waals surface area contributed by atoms with Gasteiger partial charge < -0.3 is 13.7 Å². The van der Waals surface area contributed by atoms with E-state index in [4.69, 9.17) is 0 Å². The number of unbranched alkanes of at least 4 members (excludes halogenated alkanes) is 1. The van der Waals surface area contributed by atoms with Gasteiger partial charge in [-0.2, -0.15) is 0 Å². The molecule has 0 aliphatic carbocycles. The molecule has 324 valence electrons. The van der Waals surface area contributed by atoms with Gasteiger partial charge in [0, 0.05) is 66.9 Å². The van der Waals surface area contributed by atoms with Gasteiger partial charge in [-0.25, -0.2) is 44.6 Å². The molecule has 0 spiro atoms. The first kappa shape index (κ1) is 48.2. The summed E-state index contributed by atoms with van der Waals surface area (Å²) in [7, 11) is -11.5. The number of nitrogens with zero attached hydrogens (tertiary/aromatic N) is 6. The Balaban J connectivity index is 0.000000202. The summed E-state index contributed by atoms with van der Waals surface area (Å²) in [5, 5.41) is -1.32. The van der Waals surface area contributed by atoms with Gasteiger partial charge in [0.25, 0.3) is 16.7 Å². The van der Waals surface area contributed by atoms with Crippen molar-refractivity contribution in [3.63, 3.8) is 0 Å². The second-order valence-electron chi connectivity index (χ2n) is 13.2. The number of sulfone groups is 3. The number of hydrogen-bond donors (Lipinski definition) is 0. The van der Waals surface area contributed by atoms with E-state index in [1.165, 1.54) is 69.1 Å². The van der Waals surface area contributed by atoms with Crippen molar-refractivity contribution < 1.29 is 29.6 Å². The molecule has 3 heterocycles. The summed E-state index contributed by atoms with van der Waals surface area (Å²) in [6.07, 6.45) is 10.0. The van der Waals surface area contributed by atoms with Gasteiger partial charge in [-0.15, -0.1) is 0 Å². The third kappa shape index (κ3) is 13.3. The molecule has 6 aromatic rings. The highest BCUT2D eigenvalue weighted by Gasteiger charge is 2.25. The van der Waals surface area contributed by atoms with Crippen LogP contribution in [0.1, 0.15) is 50.3 Å². The summed E-state index contributed by atoms with van der Waals surface area (Å²) in [5.74, 6) is -1.66. The molecular formula is C41H44BrFN6O9S3. The lowest BCUT2D eigenvalue weighted by atomic mass is 10.2. The van der Waals surface area contributed by atoms with Gasteiger partial charge in [-0.3, -0.25) is 14.4 Å². The highest BCUT2D eigenvalue weighted by molar-refractivity contribution is 9.10. The van der Waals surface area contributed by atoms with Crippen LogP contribution in [0.2, 0.25) is 0 Å². The fourth-order valence-corrected chi connectivity index (χ4v) is 9.94. The molecule has 3 aromatic carbocycles. The molecule has 0 radical (unpaired) electrons. The maximum atomic E-state index is 13.6. The summed E-state index contributed by atoms with van der Waals surface area (Å²) >= 11 is 3.29. The zero-order chi connectivity index (χ0) is 44.8. The SMILES string of the molecule is CCCCn1ccnc(S(=O)(=O)Cc2ccccc2F)c1=O.CCn1ccnc(S(=O)(=O)Cc2ccc(Br)cc2)c1=O.CCn1ccnc(S(=O)(=O)Cc2ccccc2)c1=O. The second kappa shape index (κ2) is 21.9. The summed E-state index contributed by atoms with van der Waals surface area (Å²) in [6, 6.07) is 21.2. The largest absolute Gasteiger partial charge is 0.312 e. The minimum Gasteiger partial charge on any atom is -0.312 e. The predicted octanol–water partition coefficient (Wildman–Crippen LogP) is 5.39. The quantitative estimate of drug-likeness (QED) is 0.135. The molecule has 0 saturated heterocycles. The Morgan fingerprint density at radius 1 is 0.541 bits per heavy atom. The lowest BCUT2D eigenvalue weighted by Gasteiger charge is -2.08. The Kier molecular flexibility index (Phi) is 17.3. The van der Waals surface area contributed by atoms with E-state index in [1.807, 2.05) is 6.92 Å². The smallest absolute Gasteiger partial charge is 0.288 e. The summed E-state index contributed by atoms with van der Waals surface area (Å²) < 4.78 is 92.2. The number of aryl methyl sites for hydroxylation is 3. The van der Waals surface area contributed by atoms with Crippen LogP contribution < -0.4 is 16.7 Å². The summed E-state index contributed by atoms with van der Waals surface area (Å²) in [6.45, 7) is 6.76. The van der Waals surface area contributed by atoms with E-state index in [2.05, 4.69) is 30.9 Å². The van der Waals surface area contributed by atoms with Gasteiger partial charge in [0.15, 0.2) is 0 Å². The number of halogens is 2. The van der Waals surface area contributed by atoms with Crippen molar-refractivity contribution in [1.29, 1.82) is 0 Å². The van der Waals surface area contributed by atoms with Gasteiger partial charge in [0.05, 0.1) is 17.3 Å². The van der Waals surface area contributed by atoms with E-state index in [-0.39, 0.29) is 22.1 Å². The monoisotopic (exact) mass is 958 g/mol. The van der Waals surface area contributed by atoms with Crippen molar-refractivity contribution in [2.75, 3.05) is 0 Å². The van der Waals surface area contributed by atoms with Gasteiger partial charge in [0.2, 0.25) is 44.6 Å². The van der Waals surface area contributed by atoms with Gasteiger partial charge in [-0.1, -0.05) is 89.9 Å². The van der Waals surface area contributed by atoms with Crippen LogP contribution in [0.4, 0.5) is 4.39 Å². The Labute approximate surface area is 361 Å². The normalized spacial score (nSPS) is 11.5. The van der Waals surface area contributed by atoms with Crippen molar-refractivity contribution in [3.05, 3.63) is 174 Å². The fourth-order valence-electron chi connectivity index (χ4n) is 5.54. The minimum absolute atomic E-state index is 0.0210. The summed E-state index contributed by atoms with van der Waals surface area (Å²) in [5.41, 5.74) is -0.537. The van der Waals surface area contributed by atoms with Crippen LogP contribution in [0.25, 0.3) is 0 Å². The molecule has 3 aromatic heterocycles. The number of aromatic nitrogens is 6. The van der Waals surface area contributed by atoms with Crippen LogP contribution in [0.3, 0.4) is 0 Å². The van der Waals surface area contributed by atoms with Crippen LogP contribution in [0, 0.1) is 5.82 Å². The van der Waals surface area contributed by atoms with Crippen molar-refractivity contribution in [1.82, 2.24) is 28.7 Å². The number of benzene rings is 3. The van der Waals surface area contributed by atoms with Crippen LogP contribution in [0.15, 0.2) is 150 Å². The topological polar surface area (TPSA) is 207 Å². The van der Waals surface area contributed by atoms with E-state index in [9.17, 15) is 44.0 Å². The Hall–Kier alpha value is -5.44. The first-order valence-electron chi connectivity index (χ1n) is 18.8. The van der Waals surface area contributed by atoms with Crippen LogP contribution in [-0.4, -0.2) is 53.9 Å². The molecule has 61 heavy (non-hydrogen) atoms. The first-order valence-corrected chi connectivity index (χ1v) is 24.5. The molecule has 0 fully saturated rings. The van der Waals surface area contributed by atoms with Crippen LogP contribution >= 0.6 is 15.9 Å². The molecular weight excluding hydrogens is 916 g/mol. The molecule has 15 nitrogen and oxygen atoms in total. The van der Waals surface area contributed by atoms with E-state index in [0.29, 0.717) is 30.8 Å². The molecule has 0 saturated carbocycles. The van der Waals surface area contributed by atoms with Gasteiger partial charge in [-0.05, 0) is 49.6 Å². The van der Waals surface area contributed by atoms with Crippen molar-refractivity contribution in [2.24, 2.45) is 0 Å². The highest BCUT2D eigenvalue weighted by atomic mass is 79.9. The Morgan fingerprint density at radius 2 is 0.951 bits per heavy atom. The number of hydrogen-bond acceptors (Lipinski definition) is 12. The van der Waals surface area contributed by atoms with Crippen LogP contribution in [0.5, 0.6) is 0 Å². The van der Waals surface area contributed by atoms with E-state index in [0.717, 1.165) is 17.3 Å². The maximum absolute atomic E-state index is 13.6. The van der Waals surface area contributed by atoms with Gasteiger partial charge >= 0.3 is 0 Å². The van der Waals surface area contributed by atoms with Crippen molar-refractivity contribution in [2.45, 2.75) is 85.6 Å². The standard InChI is InChI=1S/C15H17FN2O3S.C13H13BrN2O3S.C13H14N2O3S/c1-2-3-9-18-10-8-17-14(15(18)19)22(20,21)11-12-6-4-5-7-13(12)16;1-2-16-8-7-15-12(13(16)17)20(18,19)9-10-3-5-11(14)6-4-10;1-2-15-9-8-14-12(13(15)16)19(17,18)10-11-6-4-3-5-7-11/h4-8,10H,2-3,9,11H2,1H3;3-8H,2,9H2,1H3;3-9H,2,10H2,1H3. The molecule has 0 atom stereocenters. The molecule has 0 aliphatic rings. The molecule has 0 N–H and O–H groups in total. The molecule has 0 unspecified atom stereocenters. The van der Waals surface area contributed by atoms with E-state index in [1.54, 1.807) is 74.5 Å². The van der Waals surface area contributed by atoms with E-state index >= 15 is 0 Å². The average Bonchev–Trinajstić information content (AvgIpc) is 3.22. The Morgan fingerprint density at radius 3 is 1.41 bits per heavy atom. The number of rotatable bonds is 14. The molecule has 6 rings (SSSR count). The van der Waals surface area contributed by atoms with Crippen molar-refractivity contribution in [3.8, 4) is 0 Å². The second-order valence-corrected chi connectivity index (χ2v) is 19.8. The van der Waals surface area contributed by atoms with Gasteiger partial charge in [0.1, 0.15) is 5.82 Å². The molecule has 0 aliphatic heterocycles. The average molecular weight is 960 g/mol. The molecule has 0 bridgehead atoms. The zero-order valence-electron chi connectivity index (χ0n) is 33.5. The lowest BCUT2D eigenvalue weighted by molar-refractivity contribution is 0.567. The molecule has 0 amide bonds. The zero-order valence-corrected chi connectivity index (χ0v) is 37.5. The summed E-state index contributed by atoms with van der Waals surface area (Å²) in [4.78, 5) is 47.4. The fraction of sp³-hybridized carbons (Fsp3) is 0.268. The van der Waals surface area contributed by atoms with E-state index < -0.39 is 67.8 Å². The third-order valence-electron chi connectivity index (χ3n) is 8.74. The maximum Gasteiger partial charge on any atom is 0.288 e. The minimum atomic E-state index is -4.00. The Bertz CT molecular complexity index is 2950. The molecule has 20 heteroatoms. The predicted molar refractivity (Wildman–Crippen MR) is 231 cm³/mol. The third-order valence-corrected chi connectivity index (χ3v) is 14.0. The first-order chi connectivity index (χ1) is 28.9. The van der Waals surface area contributed by atoms with Crippen molar-refractivity contribution >= 4 is 45.4 Å². The van der Waals surface area contributed by atoms with Crippen LogP contribution in [-0.2, 0) is 66.4 Å². The lowest BCUT2D eigenvalue weighted by Crippen LogP contribution is -2.28. The highest BCUT2D eigenvalue weighted by Crippen LogP contribution is 2.17.